The first-order chi connectivity index (χ1) is 12.1. The highest BCUT2D eigenvalue weighted by molar-refractivity contribution is 5.94. The van der Waals surface area contributed by atoms with Crippen molar-refractivity contribution in [2.45, 2.75) is 31.9 Å². The monoisotopic (exact) mass is 349 g/mol. The molecule has 2 saturated heterocycles. The number of hydrogen-bond acceptors (Lipinski definition) is 4. The molecule has 7 heteroatoms. The zero-order chi connectivity index (χ0) is 17.8. The van der Waals surface area contributed by atoms with Crippen LogP contribution in [0.4, 0.5) is 10.1 Å². The number of carbonyl (C=O) groups is 2. The van der Waals surface area contributed by atoms with E-state index in [2.05, 4.69) is 5.32 Å². The van der Waals surface area contributed by atoms with Gasteiger partial charge in [-0.15, -0.1) is 0 Å². The molecule has 3 rings (SSSR count). The van der Waals surface area contributed by atoms with Gasteiger partial charge in [0.05, 0.1) is 11.7 Å². The fraction of sp³-hybridized carbons (Fsp3) is 0.556. The zero-order valence-electron chi connectivity index (χ0n) is 14.4. The Hall–Kier alpha value is -1.99. The molecule has 0 radical (unpaired) electrons. The van der Waals surface area contributed by atoms with E-state index in [1.807, 2.05) is 9.80 Å². The number of ether oxygens (including phenoxy) is 1. The Kier molecular flexibility index (Phi) is 5.65. The lowest BCUT2D eigenvalue weighted by atomic mass is 10.1. The van der Waals surface area contributed by atoms with Gasteiger partial charge in [0, 0.05) is 32.8 Å². The Balaban J connectivity index is 1.50. The van der Waals surface area contributed by atoms with Gasteiger partial charge in [-0.3, -0.25) is 14.5 Å². The van der Waals surface area contributed by atoms with Gasteiger partial charge in [0.25, 0.3) is 5.91 Å². The lowest BCUT2D eigenvalue weighted by Gasteiger charge is -2.38. The van der Waals surface area contributed by atoms with Gasteiger partial charge in [0.15, 0.2) is 0 Å². The van der Waals surface area contributed by atoms with Crippen molar-refractivity contribution in [1.82, 2.24) is 9.80 Å². The highest BCUT2D eigenvalue weighted by atomic mass is 19.1. The molecule has 1 aromatic carbocycles. The lowest BCUT2D eigenvalue weighted by Crippen LogP contribution is -2.55. The molecular weight excluding hydrogens is 325 g/mol. The fourth-order valence-electron chi connectivity index (χ4n) is 3.27. The maximum atomic E-state index is 13.7. The number of piperazine rings is 1. The molecule has 2 aliphatic heterocycles. The molecule has 0 saturated carbocycles. The molecule has 1 N–H and O–H groups in total. The third-order valence-corrected chi connectivity index (χ3v) is 4.89. The number of amides is 2. The van der Waals surface area contributed by atoms with Crippen molar-refractivity contribution in [3.05, 3.63) is 30.1 Å². The van der Waals surface area contributed by atoms with Crippen LogP contribution in [0.2, 0.25) is 0 Å². The molecule has 6 nitrogen and oxygen atoms in total. The van der Waals surface area contributed by atoms with Crippen molar-refractivity contribution in [1.29, 1.82) is 0 Å². The van der Waals surface area contributed by atoms with E-state index in [1.54, 1.807) is 19.1 Å². The van der Waals surface area contributed by atoms with Crippen LogP contribution >= 0.6 is 0 Å². The average molecular weight is 349 g/mol. The maximum absolute atomic E-state index is 13.7. The number of benzene rings is 1. The first kappa shape index (κ1) is 17.8. The molecule has 2 heterocycles. The van der Waals surface area contributed by atoms with Crippen LogP contribution in [0.5, 0.6) is 0 Å². The predicted octanol–water partition coefficient (Wildman–Crippen LogP) is 1.48. The average Bonchev–Trinajstić information content (AvgIpc) is 3.17. The summed E-state index contributed by atoms with van der Waals surface area (Å²) >= 11 is 0. The van der Waals surface area contributed by atoms with E-state index < -0.39 is 5.82 Å². The molecular formula is C18H24FN3O3. The molecule has 1 aromatic rings. The number of nitrogens with zero attached hydrogens (tertiary/aromatic N) is 2. The number of hydrogen-bond donors (Lipinski definition) is 1. The van der Waals surface area contributed by atoms with Crippen LogP contribution in [0.15, 0.2) is 24.3 Å². The first-order valence-corrected chi connectivity index (χ1v) is 8.76. The van der Waals surface area contributed by atoms with Crippen molar-refractivity contribution >= 4 is 17.5 Å². The van der Waals surface area contributed by atoms with Crippen molar-refractivity contribution in [2.75, 3.05) is 38.1 Å². The number of carbonyl (C=O) groups excluding carboxylic acids is 2. The molecule has 2 fully saturated rings. The summed E-state index contributed by atoms with van der Waals surface area (Å²) in [5, 5.41) is 2.63. The number of para-hydroxylation sites is 1. The van der Waals surface area contributed by atoms with Crippen LogP contribution in [-0.2, 0) is 14.3 Å². The van der Waals surface area contributed by atoms with Crippen LogP contribution < -0.4 is 5.32 Å². The van der Waals surface area contributed by atoms with Gasteiger partial charge in [-0.25, -0.2) is 4.39 Å². The molecule has 0 aliphatic carbocycles. The van der Waals surface area contributed by atoms with Crippen molar-refractivity contribution in [3.8, 4) is 0 Å². The quantitative estimate of drug-likeness (QED) is 0.894. The summed E-state index contributed by atoms with van der Waals surface area (Å²) in [6.45, 7) is 4.85. The molecule has 136 valence electrons. The molecule has 0 aromatic heterocycles. The highest BCUT2D eigenvalue weighted by Gasteiger charge is 2.32. The molecule has 2 amide bonds. The Labute approximate surface area is 146 Å². The van der Waals surface area contributed by atoms with Gasteiger partial charge in [-0.2, -0.15) is 0 Å². The van der Waals surface area contributed by atoms with Gasteiger partial charge >= 0.3 is 0 Å². The van der Waals surface area contributed by atoms with E-state index in [0.29, 0.717) is 32.8 Å². The van der Waals surface area contributed by atoms with E-state index in [0.717, 1.165) is 12.8 Å². The normalized spacial score (nSPS) is 22.6. The molecule has 25 heavy (non-hydrogen) atoms. The smallest absolute Gasteiger partial charge is 0.251 e. The Bertz CT molecular complexity index is 626. The zero-order valence-corrected chi connectivity index (χ0v) is 14.4. The molecule has 2 aliphatic rings. The second-order valence-electron chi connectivity index (χ2n) is 6.51. The topological polar surface area (TPSA) is 61.9 Å². The largest absolute Gasteiger partial charge is 0.368 e. The van der Waals surface area contributed by atoms with Crippen molar-refractivity contribution < 1.29 is 18.7 Å². The predicted molar refractivity (Wildman–Crippen MR) is 91.6 cm³/mol. The summed E-state index contributed by atoms with van der Waals surface area (Å²) in [6.07, 6.45) is 1.43. The van der Waals surface area contributed by atoms with E-state index in [9.17, 15) is 14.0 Å². The van der Waals surface area contributed by atoms with Crippen LogP contribution in [0, 0.1) is 5.82 Å². The summed E-state index contributed by atoms with van der Waals surface area (Å²) in [7, 11) is 0. The minimum Gasteiger partial charge on any atom is -0.368 e. The van der Waals surface area contributed by atoms with Crippen LogP contribution in [0.1, 0.15) is 19.8 Å². The third kappa shape index (κ3) is 4.16. The molecule has 0 bridgehead atoms. The number of halogens is 1. The Morgan fingerprint density at radius 1 is 1.24 bits per heavy atom. The Morgan fingerprint density at radius 2 is 1.96 bits per heavy atom. The van der Waals surface area contributed by atoms with Gasteiger partial charge in [0.2, 0.25) is 5.91 Å². The summed E-state index contributed by atoms with van der Waals surface area (Å²) in [5.41, 5.74) is 0.187. The second kappa shape index (κ2) is 7.93. The van der Waals surface area contributed by atoms with E-state index in [4.69, 9.17) is 4.74 Å². The highest BCUT2D eigenvalue weighted by Crippen LogP contribution is 2.17. The van der Waals surface area contributed by atoms with Crippen LogP contribution in [0.25, 0.3) is 0 Å². The minimum absolute atomic E-state index is 0.0561. The third-order valence-electron chi connectivity index (χ3n) is 4.89. The van der Waals surface area contributed by atoms with E-state index in [-0.39, 0.29) is 29.6 Å². The van der Waals surface area contributed by atoms with Gasteiger partial charge in [-0.1, -0.05) is 12.1 Å². The van der Waals surface area contributed by atoms with Gasteiger partial charge in [0.1, 0.15) is 11.9 Å². The molecule has 0 spiro atoms. The molecule has 2 atom stereocenters. The van der Waals surface area contributed by atoms with Gasteiger partial charge in [-0.05, 0) is 31.9 Å². The standard InChI is InChI=1S/C18H24FN3O3/c1-13(17(23)20-15-6-3-2-5-14(15)19)21-8-10-22(11-9-21)18(24)16-7-4-12-25-16/h2-3,5-6,13,16H,4,7-12H2,1H3,(H,20,23)/t13-,16-/m1/s1. The van der Waals surface area contributed by atoms with E-state index >= 15 is 0 Å². The Morgan fingerprint density at radius 3 is 2.60 bits per heavy atom. The SMILES string of the molecule is C[C@H](C(=O)Nc1ccccc1F)N1CCN(C(=O)[C@H]2CCCO2)CC1. The van der Waals surface area contributed by atoms with Crippen molar-refractivity contribution in [2.24, 2.45) is 0 Å². The molecule has 0 unspecified atom stereocenters. The summed E-state index contributed by atoms with van der Waals surface area (Å²) in [4.78, 5) is 28.5. The van der Waals surface area contributed by atoms with Gasteiger partial charge < -0.3 is 15.0 Å². The number of anilines is 1. The number of nitrogens with one attached hydrogen (secondary N) is 1. The van der Waals surface area contributed by atoms with Crippen molar-refractivity contribution in [3.63, 3.8) is 0 Å². The lowest BCUT2D eigenvalue weighted by molar-refractivity contribution is -0.143. The first-order valence-electron chi connectivity index (χ1n) is 8.76. The summed E-state index contributed by atoms with van der Waals surface area (Å²) < 4.78 is 19.1. The van der Waals surface area contributed by atoms with E-state index in [1.165, 1.54) is 12.1 Å². The summed E-state index contributed by atoms with van der Waals surface area (Å²) in [5.74, 6) is -0.639. The summed E-state index contributed by atoms with van der Waals surface area (Å²) in [6, 6.07) is 5.73. The fourth-order valence-corrected chi connectivity index (χ4v) is 3.27. The van der Waals surface area contributed by atoms with Crippen LogP contribution in [-0.4, -0.2) is 66.5 Å². The number of rotatable bonds is 4. The maximum Gasteiger partial charge on any atom is 0.251 e. The van der Waals surface area contributed by atoms with Crippen LogP contribution in [0.3, 0.4) is 0 Å². The second-order valence-corrected chi connectivity index (χ2v) is 6.51. The minimum atomic E-state index is -0.449.